The Hall–Kier alpha value is -1.42. The molecule has 0 saturated carbocycles. The summed E-state index contributed by atoms with van der Waals surface area (Å²) in [7, 11) is 0. The molecule has 0 saturated heterocycles. The van der Waals surface area contributed by atoms with Crippen LogP contribution in [0, 0.1) is 11.2 Å². The molecular formula is C12H16FNO2. The summed E-state index contributed by atoms with van der Waals surface area (Å²) >= 11 is 0. The predicted molar refractivity (Wildman–Crippen MR) is 59.1 cm³/mol. The van der Waals surface area contributed by atoms with E-state index in [4.69, 9.17) is 5.11 Å². The molecule has 3 nitrogen and oxygen atoms in total. The van der Waals surface area contributed by atoms with Gasteiger partial charge in [-0.15, -0.1) is 0 Å². The van der Waals surface area contributed by atoms with Crippen molar-refractivity contribution in [3.63, 3.8) is 0 Å². The van der Waals surface area contributed by atoms with Crippen LogP contribution in [0.5, 0.6) is 0 Å². The van der Waals surface area contributed by atoms with E-state index in [9.17, 15) is 9.18 Å². The Bertz CT molecular complexity index is 360. The third-order valence-electron chi connectivity index (χ3n) is 2.38. The van der Waals surface area contributed by atoms with Crippen LogP contribution in [0.15, 0.2) is 24.3 Å². The normalized spacial score (nSPS) is 11.2. The topological polar surface area (TPSA) is 49.3 Å². The zero-order chi connectivity index (χ0) is 12.2. The molecule has 1 aromatic rings. The molecule has 1 amide bonds. The van der Waals surface area contributed by atoms with Gasteiger partial charge in [-0.1, -0.05) is 12.1 Å². The minimum Gasteiger partial charge on any atom is -0.395 e. The van der Waals surface area contributed by atoms with Gasteiger partial charge < -0.3 is 10.4 Å². The zero-order valence-electron chi connectivity index (χ0n) is 9.46. The van der Waals surface area contributed by atoms with Gasteiger partial charge in [0.1, 0.15) is 5.82 Å². The van der Waals surface area contributed by atoms with Crippen molar-refractivity contribution in [3.05, 3.63) is 35.6 Å². The highest BCUT2D eigenvalue weighted by Gasteiger charge is 2.25. The highest BCUT2D eigenvalue weighted by molar-refractivity contribution is 5.81. The van der Waals surface area contributed by atoms with E-state index >= 15 is 0 Å². The van der Waals surface area contributed by atoms with Crippen molar-refractivity contribution in [1.29, 1.82) is 0 Å². The molecule has 0 aromatic heterocycles. The van der Waals surface area contributed by atoms with Gasteiger partial charge >= 0.3 is 0 Å². The Kier molecular flexibility index (Phi) is 4.01. The monoisotopic (exact) mass is 225 g/mol. The number of nitrogens with one attached hydrogen (secondary N) is 1. The molecule has 2 N–H and O–H groups in total. The number of aliphatic hydroxyl groups is 1. The minimum absolute atomic E-state index is 0.206. The molecule has 0 aliphatic rings. The fraction of sp³-hybridized carbons (Fsp3) is 0.417. The number of rotatable bonds is 4. The molecule has 0 fully saturated rings. The lowest BCUT2D eigenvalue weighted by Crippen LogP contribution is -2.38. The third-order valence-corrected chi connectivity index (χ3v) is 2.38. The summed E-state index contributed by atoms with van der Waals surface area (Å²) in [6.07, 6.45) is 0. The SMILES string of the molecule is CC(C)(CO)C(=O)NCc1ccc(F)cc1. The smallest absolute Gasteiger partial charge is 0.228 e. The van der Waals surface area contributed by atoms with Crippen molar-refractivity contribution in [3.8, 4) is 0 Å². The summed E-state index contributed by atoms with van der Waals surface area (Å²) in [6, 6.07) is 5.92. The summed E-state index contributed by atoms with van der Waals surface area (Å²) < 4.78 is 12.6. The highest BCUT2D eigenvalue weighted by atomic mass is 19.1. The Morgan fingerprint density at radius 3 is 2.44 bits per heavy atom. The average molecular weight is 225 g/mol. The number of halogens is 1. The van der Waals surface area contributed by atoms with Gasteiger partial charge in [-0.3, -0.25) is 4.79 Å². The molecule has 0 spiro atoms. The van der Waals surface area contributed by atoms with Gasteiger partial charge in [-0.05, 0) is 31.5 Å². The number of hydrogen-bond acceptors (Lipinski definition) is 2. The second kappa shape index (κ2) is 5.07. The van der Waals surface area contributed by atoms with Crippen molar-refractivity contribution in [1.82, 2.24) is 5.32 Å². The molecule has 0 bridgehead atoms. The van der Waals surface area contributed by atoms with Gasteiger partial charge in [-0.2, -0.15) is 0 Å². The highest BCUT2D eigenvalue weighted by Crippen LogP contribution is 2.13. The molecule has 0 aliphatic heterocycles. The Morgan fingerprint density at radius 2 is 1.94 bits per heavy atom. The molecule has 1 aromatic carbocycles. The van der Waals surface area contributed by atoms with Gasteiger partial charge in [0.2, 0.25) is 5.91 Å². The van der Waals surface area contributed by atoms with Gasteiger partial charge in [0, 0.05) is 6.54 Å². The van der Waals surface area contributed by atoms with E-state index in [-0.39, 0.29) is 18.3 Å². The van der Waals surface area contributed by atoms with E-state index in [2.05, 4.69) is 5.32 Å². The molecule has 88 valence electrons. The van der Waals surface area contributed by atoms with E-state index in [0.29, 0.717) is 6.54 Å². The van der Waals surface area contributed by atoms with Crippen LogP contribution >= 0.6 is 0 Å². The summed E-state index contributed by atoms with van der Waals surface area (Å²) in [5.41, 5.74) is 0.0310. The molecule has 0 radical (unpaired) electrons. The first-order valence-electron chi connectivity index (χ1n) is 5.09. The largest absolute Gasteiger partial charge is 0.395 e. The van der Waals surface area contributed by atoms with Crippen LogP contribution in [0.1, 0.15) is 19.4 Å². The van der Waals surface area contributed by atoms with Crippen LogP contribution < -0.4 is 5.32 Å². The number of carbonyl (C=O) groups is 1. The Balaban J connectivity index is 2.52. The van der Waals surface area contributed by atoms with Crippen molar-refractivity contribution in [2.24, 2.45) is 5.41 Å². The van der Waals surface area contributed by atoms with E-state index in [1.165, 1.54) is 12.1 Å². The molecule has 16 heavy (non-hydrogen) atoms. The number of aliphatic hydroxyl groups excluding tert-OH is 1. The fourth-order valence-electron chi connectivity index (χ4n) is 1.10. The second-order valence-electron chi connectivity index (χ2n) is 4.35. The lowest BCUT2D eigenvalue weighted by atomic mass is 9.94. The molecule has 0 atom stereocenters. The van der Waals surface area contributed by atoms with E-state index in [1.54, 1.807) is 26.0 Å². The predicted octanol–water partition coefficient (Wildman–Crippen LogP) is 1.46. The second-order valence-corrected chi connectivity index (χ2v) is 4.35. The summed E-state index contributed by atoms with van der Waals surface area (Å²) in [5.74, 6) is -0.523. The van der Waals surface area contributed by atoms with Gasteiger partial charge in [0.05, 0.1) is 12.0 Å². The summed E-state index contributed by atoms with van der Waals surface area (Å²) in [5, 5.41) is 11.7. The number of carbonyl (C=O) groups excluding carboxylic acids is 1. The molecular weight excluding hydrogens is 209 g/mol. The van der Waals surface area contributed by atoms with E-state index in [0.717, 1.165) is 5.56 Å². The molecule has 0 heterocycles. The summed E-state index contributed by atoms with van der Waals surface area (Å²) in [4.78, 5) is 11.6. The summed E-state index contributed by atoms with van der Waals surface area (Å²) in [6.45, 7) is 3.45. The molecule has 1 rings (SSSR count). The Labute approximate surface area is 94.3 Å². The van der Waals surface area contributed by atoms with Crippen LogP contribution in [0.3, 0.4) is 0 Å². The number of hydrogen-bond donors (Lipinski definition) is 2. The van der Waals surface area contributed by atoms with Gasteiger partial charge in [-0.25, -0.2) is 4.39 Å². The first-order valence-corrected chi connectivity index (χ1v) is 5.09. The fourth-order valence-corrected chi connectivity index (χ4v) is 1.10. The van der Waals surface area contributed by atoms with Crippen molar-refractivity contribution < 1.29 is 14.3 Å². The lowest BCUT2D eigenvalue weighted by Gasteiger charge is -2.20. The quantitative estimate of drug-likeness (QED) is 0.815. The molecule has 4 heteroatoms. The van der Waals surface area contributed by atoms with Gasteiger partial charge in [0.15, 0.2) is 0 Å². The Morgan fingerprint density at radius 1 is 1.38 bits per heavy atom. The van der Waals surface area contributed by atoms with Gasteiger partial charge in [0.25, 0.3) is 0 Å². The van der Waals surface area contributed by atoms with Crippen LogP contribution in [-0.2, 0) is 11.3 Å². The maximum Gasteiger partial charge on any atom is 0.228 e. The van der Waals surface area contributed by atoms with Crippen molar-refractivity contribution in [2.45, 2.75) is 20.4 Å². The maximum atomic E-state index is 12.6. The van der Waals surface area contributed by atoms with E-state index in [1.807, 2.05) is 0 Å². The first-order chi connectivity index (χ1) is 7.45. The number of amides is 1. The van der Waals surface area contributed by atoms with Crippen molar-refractivity contribution in [2.75, 3.05) is 6.61 Å². The minimum atomic E-state index is -0.792. The lowest BCUT2D eigenvalue weighted by molar-refractivity contribution is -0.131. The first kappa shape index (κ1) is 12.6. The molecule has 0 aliphatic carbocycles. The molecule has 0 unspecified atom stereocenters. The van der Waals surface area contributed by atoms with Crippen molar-refractivity contribution >= 4 is 5.91 Å². The van der Waals surface area contributed by atoms with Crippen LogP contribution in [0.4, 0.5) is 4.39 Å². The number of benzene rings is 1. The average Bonchev–Trinajstić information content (AvgIpc) is 2.28. The van der Waals surface area contributed by atoms with Crippen LogP contribution in [0.25, 0.3) is 0 Å². The standard InChI is InChI=1S/C12H16FNO2/c1-12(2,8-15)11(16)14-7-9-3-5-10(13)6-4-9/h3-6,15H,7-8H2,1-2H3,(H,14,16). The zero-order valence-corrected chi connectivity index (χ0v) is 9.46. The maximum absolute atomic E-state index is 12.6. The third kappa shape index (κ3) is 3.31. The van der Waals surface area contributed by atoms with Crippen LogP contribution in [0.2, 0.25) is 0 Å². The van der Waals surface area contributed by atoms with Crippen LogP contribution in [-0.4, -0.2) is 17.6 Å². The van der Waals surface area contributed by atoms with E-state index < -0.39 is 5.41 Å².